The fourth-order valence-corrected chi connectivity index (χ4v) is 5.37. The van der Waals surface area contributed by atoms with Crippen LogP contribution >= 0.6 is 0 Å². The Morgan fingerprint density at radius 3 is 1.85 bits per heavy atom. The van der Waals surface area contributed by atoms with Crippen molar-refractivity contribution in [3.8, 4) is 22.6 Å². The van der Waals surface area contributed by atoms with E-state index in [2.05, 4.69) is 13.2 Å². The van der Waals surface area contributed by atoms with Crippen molar-refractivity contribution in [2.45, 2.75) is 70.8 Å². The van der Waals surface area contributed by atoms with Gasteiger partial charge in [-0.3, -0.25) is 9.59 Å². The number of unbranched alkanes of at least 4 members (excludes halogenated alkanes) is 1. The van der Waals surface area contributed by atoms with Gasteiger partial charge in [-0.15, -0.1) is 0 Å². The largest absolute Gasteiger partial charge is 0.494 e. The minimum atomic E-state index is -0.580. The van der Waals surface area contributed by atoms with Crippen LogP contribution in [0.5, 0.6) is 11.5 Å². The van der Waals surface area contributed by atoms with Gasteiger partial charge in [-0.2, -0.15) is 0 Å². The molecule has 0 radical (unpaired) electrons. The van der Waals surface area contributed by atoms with E-state index in [0.29, 0.717) is 49.4 Å². The molecule has 3 aromatic rings. The van der Waals surface area contributed by atoms with Gasteiger partial charge in [-0.1, -0.05) is 74.2 Å². The Labute approximate surface area is 306 Å². The summed E-state index contributed by atoms with van der Waals surface area (Å²) in [6.07, 6.45) is 10.0. The third-order valence-electron chi connectivity index (χ3n) is 8.34. The summed E-state index contributed by atoms with van der Waals surface area (Å²) in [7, 11) is 0. The van der Waals surface area contributed by atoms with Crippen molar-refractivity contribution in [1.82, 2.24) is 0 Å². The molecule has 1 saturated carbocycles. The molecule has 0 spiro atoms. The summed E-state index contributed by atoms with van der Waals surface area (Å²) >= 11 is 0. The summed E-state index contributed by atoms with van der Waals surface area (Å²) < 4.78 is 27.3. The molecule has 1 fully saturated rings. The fourth-order valence-electron chi connectivity index (χ4n) is 5.37. The van der Waals surface area contributed by atoms with Gasteiger partial charge in [0.1, 0.15) is 17.6 Å². The van der Waals surface area contributed by atoms with Crippen molar-refractivity contribution in [2.75, 3.05) is 26.4 Å². The minimum Gasteiger partial charge on any atom is -0.494 e. The van der Waals surface area contributed by atoms with Gasteiger partial charge in [0.05, 0.1) is 32.8 Å². The maximum Gasteiger partial charge on any atom is 0.333 e. The molecule has 0 aliphatic heterocycles. The van der Waals surface area contributed by atoms with Crippen molar-refractivity contribution >= 4 is 29.8 Å². The smallest absolute Gasteiger partial charge is 0.333 e. The van der Waals surface area contributed by atoms with Gasteiger partial charge in [-0.05, 0) is 92.5 Å². The number of hydrogen-bond donors (Lipinski definition) is 0. The molecule has 9 nitrogen and oxygen atoms in total. The molecule has 0 saturated heterocycles. The van der Waals surface area contributed by atoms with Crippen LogP contribution in [0.15, 0.2) is 103 Å². The molecular formula is C43H48O9. The molecule has 0 aromatic heterocycles. The summed E-state index contributed by atoms with van der Waals surface area (Å²) in [6, 6.07) is 22.5. The molecule has 0 amide bonds. The van der Waals surface area contributed by atoms with Crippen LogP contribution in [0.2, 0.25) is 0 Å². The highest BCUT2D eigenvalue weighted by atomic mass is 16.5. The van der Waals surface area contributed by atoms with E-state index in [1.165, 1.54) is 6.42 Å². The van der Waals surface area contributed by atoms with Crippen LogP contribution in [0.1, 0.15) is 80.6 Å². The van der Waals surface area contributed by atoms with Crippen LogP contribution in [-0.4, -0.2) is 56.2 Å². The lowest BCUT2D eigenvalue weighted by Crippen LogP contribution is -2.22. The van der Waals surface area contributed by atoms with Gasteiger partial charge >= 0.3 is 17.9 Å². The lowest BCUT2D eigenvalue weighted by molar-refractivity contribution is -0.151. The van der Waals surface area contributed by atoms with Crippen LogP contribution in [0.3, 0.4) is 0 Å². The first-order valence-electron chi connectivity index (χ1n) is 17.8. The van der Waals surface area contributed by atoms with Crippen LogP contribution in [-0.2, 0) is 28.6 Å². The second-order valence-corrected chi connectivity index (χ2v) is 12.7. The zero-order chi connectivity index (χ0) is 37.1. The van der Waals surface area contributed by atoms with Crippen molar-refractivity contribution in [2.24, 2.45) is 0 Å². The van der Waals surface area contributed by atoms with Crippen LogP contribution in [0.25, 0.3) is 17.2 Å². The van der Waals surface area contributed by atoms with E-state index in [1.54, 1.807) is 19.1 Å². The molecule has 3 aromatic carbocycles. The summed E-state index contributed by atoms with van der Waals surface area (Å²) in [5.74, 6) is -0.0938. The van der Waals surface area contributed by atoms with Gasteiger partial charge in [0.2, 0.25) is 0 Å². The lowest BCUT2D eigenvalue weighted by Gasteiger charge is -2.21. The lowest BCUT2D eigenvalue weighted by atomic mass is 9.98. The van der Waals surface area contributed by atoms with E-state index in [-0.39, 0.29) is 37.1 Å². The number of carbonyl (C=O) groups excluding carboxylic acids is 4. The molecule has 4 rings (SSSR count). The molecule has 0 N–H and O–H groups in total. The van der Waals surface area contributed by atoms with E-state index in [0.717, 1.165) is 48.1 Å². The van der Waals surface area contributed by atoms with Crippen molar-refractivity contribution in [3.63, 3.8) is 0 Å². The zero-order valence-corrected chi connectivity index (χ0v) is 29.9. The maximum atomic E-state index is 12.8. The zero-order valence-electron chi connectivity index (χ0n) is 29.9. The van der Waals surface area contributed by atoms with Crippen molar-refractivity contribution in [3.05, 3.63) is 114 Å². The second kappa shape index (κ2) is 21.0. The third-order valence-corrected chi connectivity index (χ3v) is 8.34. The van der Waals surface area contributed by atoms with E-state index in [1.807, 2.05) is 72.8 Å². The number of hydrogen-bond acceptors (Lipinski definition) is 9. The predicted octanol–water partition coefficient (Wildman–Crippen LogP) is 8.66. The van der Waals surface area contributed by atoms with Crippen LogP contribution in [0.4, 0.5) is 0 Å². The molecule has 9 heteroatoms. The molecule has 0 bridgehead atoms. The van der Waals surface area contributed by atoms with Gasteiger partial charge in [-0.25, -0.2) is 9.59 Å². The summed E-state index contributed by atoms with van der Waals surface area (Å²) in [5.41, 5.74) is 3.89. The Balaban J connectivity index is 1.10. The molecule has 1 aliphatic rings. The highest BCUT2D eigenvalue weighted by Crippen LogP contribution is 2.24. The Morgan fingerprint density at radius 2 is 1.21 bits per heavy atom. The molecule has 1 aliphatic carbocycles. The SMILES string of the molecule is C=C(C)C(=O)OCCCOc1ccc(-c2ccc(C(=O)/C=C/c3ccc(OCCCCOC(=O)C(=C)CC(=O)OC4CCCCC4)cc3)cc2)cc1. The van der Waals surface area contributed by atoms with Crippen molar-refractivity contribution in [1.29, 1.82) is 0 Å². The topological polar surface area (TPSA) is 114 Å². The number of rotatable bonds is 20. The molecule has 0 heterocycles. The Morgan fingerprint density at radius 1 is 0.673 bits per heavy atom. The normalized spacial score (nSPS) is 12.9. The van der Waals surface area contributed by atoms with Gasteiger partial charge in [0, 0.05) is 23.1 Å². The number of allylic oxidation sites excluding steroid dienone is 1. The number of ether oxygens (including phenoxy) is 5. The summed E-state index contributed by atoms with van der Waals surface area (Å²) in [4.78, 5) is 48.5. The average Bonchev–Trinajstić information content (AvgIpc) is 3.16. The first kappa shape index (κ1) is 39.3. The van der Waals surface area contributed by atoms with E-state index < -0.39 is 17.9 Å². The standard InChI is InChI=1S/C43H48O9/c1-31(2)42(46)50-29-9-28-49-38-23-19-35(20-24-38)34-15-17-36(18-16-34)40(44)25-14-33-12-21-37(22-13-33)48-26-7-8-27-51-43(47)32(3)30-41(45)52-39-10-5-4-6-11-39/h12-25,39H,1,3-11,26-30H2,2H3/b25-14+. The third kappa shape index (κ3) is 13.7. The van der Waals surface area contributed by atoms with E-state index in [9.17, 15) is 19.2 Å². The molecule has 52 heavy (non-hydrogen) atoms. The van der Waals surface area contributed by atoms with Gasteiger partial charge < -0.3 is 23.7 Å². The van der Waals surface area contributed by atoms with Crippen molar-refractivity contribution < 1.29 is 42.9 Å². The Kier molecular flexibility index (Phi) is 15.9. The molecule has 0 unspecified atom stereocenters. The van der Waals surface area contributed by atoms with Crippen LogP contribution in [0, 0.1) is 0 Å². The van der Waals surface area contributed by atoms with E-state index in [4.69, 9.17) is 23.7 Å². The number of carbonyl (C=O) groups is 4. The predicted molar refractivity (Wildman–Crippen MR) is 200 cm³/mol. The quantitative estimate of drug-likeness (QED) is 0.0374. The molecule has 274 valence electrons. The number of esters is 3. The molecular weight excluding hydrogens is 660 g/mol. The Bertz CT molecular complexity index is 1680. The minimum absolute atomic E-state index is 0.0529. The highest BCUT2D eigenvalue weighted by molar-refractivity contribution is 6.07. The maximum absolute atomic E-state index is 12.8. The van der Waals surface area contributed by atoms with E-state index >= 15 is 0 Å². The van der Waals surface area contributed by atoms with Crippen LogP contribution < -0.4 is 9.47 Å². The van der Waals surface area contributed by atoms with Gasteiger partial charge in [0.15, 0.2) is 5.78 Å². The first-order valence-corrected chi connectivity index (χ1v) is 17.8. The average molecular weight is 709 g/mol. The first-order chi connectivity index (χ1) is 25.2. The monoisotopic (exact) mass is 708 g/mol. The Hall–Kier alpha value is -5.44. The number of benzene rings is 3. The number of ketones is 1. The second-order valence-electron chi connectivity index (χ2n) is 12.7. The summed E-state index contributed by atoms with van der Waals surface area (Å²) in [5, 5.41) is 0. The van der Waals surface area contributed by atoms with Gasteiger partial charge in [0.25, 0.3) is 0 Å². The molecule has 0 atom stereocenters. The highest BCUT2D eigenvalue weighted by Gasteiger charge is 2.20. The fraction of sp³-hybridized carbons (Fsp3) is 0.349. The summed E-state index contributed by atoms with van der Waals surface area (Å²) in [6.45, 7) is 10.2.